The van der Waals surface area contributed by atoms with Crippen molar-refractivity contribution in [3.05, 3.63) is 54.6 Å². The molecule has 0 bridgehead atoms. The summed E-state index contributed by atoms with van der Waals surface area (Å²) >= 11 is 2.26. The van der Waals surface area contributed by atoms with Gasteiger partial charge in [-0.3, -0.25) is 14.6 Å². The van der Waals surface area contributed by atoms with E-state index in [1.807, 2.05) is 37.3 Å². The highest BCUT2D eigenvalue weighted by atomic mass is 127. The summed E-state index contributed by atoms with van der Waals surface area (Å²) in [6, 6.07) is 9.16. The van der Waals surface area contributed by atoms with Crippen LogP contribution >= 0.6 is 30.1 Å². The van der Waals surface area contributed by atoms with Crippen LogP contribution in [0, 0.1) is 0 Å². The minimum atomic E-state index is -0.474. The van der Waals surface area contributed by atoms with Crippen molar-refractivity contribution in [3.63, 3.8) is 0 Å². The molecule has 1 saturated heterocycles. The van der Waals surface area contributed by atoms with Crippen LogP contribution in [0.3, 0.4) is 0 Å². The standard InChI is InChI=1S/C28H34IN7O4S/c1-18(15-32-25(37)8-3-19(2)41-29)40-21-6-4-20(5-7-21)22-17-33-27(30)26(34-22)28(38)35-23-16-31-10-9-24(23)36-11-13-39-14-12-36/h4-7,9-10,16-19H,3,8,11-15H2,1-2H3,(H2,30,33)(H,32,37)(H,35,38). The Labute approximate surface area is 256 Å². The average molecular weight is 692 g/mol. The van der Waals surface area contributed by atoms with Crippen LogP contribution in [0.5, 0.6) is 5.75 Å². The smallest absolute Gasteiger partial charge is 0.278 e. The number of carbonyl (C=O) groups excluding carboxylic acids is 2. The van der Waals surface area contributed by atoms with Gasteiger partial charge in [0.05, 0.1) is 49.2 Å². The summed E-state index contributed by atoms with van der Waals surface area (Å²) in [7, 11) is 1.72. The number of halogens is 1. The van der Waals surface area contributed by atoms with Gasteiger partial charge in [0.15, 0.2) is 11.5 Å². The first-order chi connectivity index (χ1) is 19.8. The molecule has 1 fully saturated rings. The molecule has 4 rings (SSSR count). The van der Waals surface area contributed by atoms with Crippen LogP contribution in [-0.2, 0) is 9.53 Å². The summed E-state index contributed by atoms with van der Waals surface area (Å²) in [5.41, 5.74) is 8.73. The van der Waals surface area contributed by atoms with E-state index < -0.39 is 5.91 Å². The molecule has 13 heteroatoms. The topological polar surface area (TPSA) is 145 Å². The summed E-state index contributed by atoms with van der Waals surface area (Å²) in [5, 5.41) is 6.26. The van der Waals surface area contributed by atoms with Gasteiger partial charge < -0.3 is 30.7 Å². The lowest BCUT2D eigenvalue weighted by atomic mass is 10.1. The molecule has 4 N–H and O–H groups in total. The Morgan fingerprint density at radius 3 is 2.66 bits per heavy atom. The number of hydrogen-bond donors (Lipinski definition) is 3. The first kappa shape index (κ1) is 30.8. The van der Waals surface area contributed by atoms with Crippen molar-refractivity contribution in [3.8, 4) is 17.0 Å². The molecular formula is C28H34IN7O4S. The largest absolute Gasteiger partial charge is 0.489 e. The number of anilines is 3. The Kier molecular flexibility index (Phi) is 11.4. The lowest BCUT2D eigenvalue weighted by molar-refractivity contribution is -0.121. The van der Waals surface area contributed by atoms with Crippen LogP contribution in [0.2, 0.25) is 0 Å². The molecule has 0 spiro atoms. The Bertz CT molecular complexity index is 1330. The highest BCUT2D eigenvalue weighted by Gasteiger charge is 2.20. The number of morpholine rings is 1. The first-order valence-electron chi connectivity index (χ1n) is 13.4. The van der Waals surface area contributed by atoms with Crippen LogP contribution in [0.4, 0.5) is 17.2 Å². The number of nitrogens with zero attached hydrogens (tertiary/aromatic N) is 4. The van der Waals surface area contributed by atoms with E-state index in [4.69, 9.17) is 15.2 Å². The first-order valence-corrected chi connectivity index (χ1v) is 16.8. The number of ether oxygens (including phenoxy) is 2. The third-order valence-corrected chi connectivity index (χ3v) is 9.56. The lowest BCUT2D eigenvalue weighted by Crippen LogP contribution is -2.36. The average Bonchev–Trinajstić information content (AvgIpc) is 3.00. The van der Waals surface area contributed by atoms with Crippen LogP contribution in [-0.4, -0.2) is 71.0 Å². The van der Waals surface area contributed by atoms with Crippen molar-refractivity contribution in [1.82, 2.24) is 20.3 Å². The van der Waals surface area contributed by atoms with Crippen LogP contribution in [0.25, 0.3) is 11.3 Å². The number of hydrogen-bond acceptors (Lipinski definition) is 10. The third-order valence-electron chi connectivity index (χ3n) is 6.42. The van der Waals surface area contributed by atoms with Crippen molar-refractivity contribution < 1.29 is 19.1 Å². The molecule has 1 aromatic carbocycles. The van der Waals surface area contributed by atoms with E-state index in [-0.39, 0.29) is 23.5 Å². The number of amides is 2. The van der Waals surface area contributed by atoms with Crippen molar-refractivity contribution in [2.45, 2.75) is 38.0 Å². The van der Waals surface area contributed by atoms with E-state index in [1.54, 1.807) is 21.3 Å². The quantitative estimate of drug-likeness (QED) is 0.235. The zero-order chi connectivity index (χ0) is 29.2. The molecule has 11 nitrogen and oxygen atoms in total. The Morgan fingerprint density at radius 2 is 1.93 bits per heavy atom. The van der Waals surface area contributed by atoms with Crippen molar-refractivity contribution >= 4 is 59.1 Å². The van der Waals surface area contributed by atoms with Crippen molar-refractivity contribution in [2.24, 2.45) is 0 Å². The van der Waals surface area contributed by atoms with E-state index >= 15 is 0 Å². The van der Waals surface area contributed by atoms with Gasteiger partial charge in [-0.05, 0) is 64.9 Å². The van der Waals surface area contributed by atoms with E-state index in [0.717, 1.165) is 30.8 Å². The number of rotatable bonds is 12. The summed E-state index contributed by atoms with van der Waals surface area (Å²) in [6.45, 7) is 7.10. The minimum Gasteiger partial charge on any atom is -0.489 e. The summed E-state index contributed by atoms with van der Waals surface area (Å²) < 4.78 is 11.4. The van der Waals surface area contributed by atoms with E-state index in [2.05, 4.69) is 58.6 Å². The second-order valence-electron chi connectivity index (χ2n) is 9.63. The van der Waals surface area contributed by atoms with Crippen molar-refractivity contribution in [2.75, 3.05) is 48.8 Å². The third kappa shape index (κ3) is 8.91. The fraction of sp³-hybridized carbons (Fsp3) is 0.393. The molecule has 3 heterocycles. The monoisotopic (exact) mass is 691 g/mol. The summed E-state index contributed by atoms with van der Waals surface area (Å²) in [6.07, 6.45) is 5.95. The van der Waals surface area contributed by atoms with Crippen LogP contribution in [0.1, 0.15) is 37.2 Å². The van der Waals surface area contributed by atoms with Crippen LogP contribution in [0.15, 0.2) is 48.9 Å². The predicted molar refractivity (Wildman–Crippen MR) is 171 cm³/mol. The predicted octanol–water partition coefficient (Wildman–Crippen LogP) is 4.35. The molecule has 1 aliphatic rings. The van der Waals surface area contributed by atoms with Gasteiger partial charge in [-0.1, -0.05) is 15.9 Å². The number of pyridine rings is 1. The highest BCUT2D eigenvalue weighted by molar-refractivity contribution is 14.2. The second-order valence-corrected chi connectivity index (χ2v) is 12.1. The molecule has 2 atom stereocenters. The van der Waals surface area contributed by atoms with Gasteiger partial charge in [0.1, 0.15) is 11.9 Å². The lowest BCUT2D eigenvalue weighted by Gasteiger charge is -2.30. The Morgan fingerprint density at radius 1 is 1.17 bits per heavy atom. The minimum absolute atomic E-state index is 0.0236. The molecule has 0 saturated carbocycles. The molecule has 2 aromatic heterocycles. The number of nitrogens with one attached hydrogen (secondary N) is 2. The molecule has 0 aliphatic carbocycles. The fourth-order valence-electron chi connectivity index (χ4n) is 4.15. The van der Waals surface area contributed by atoms with Crippen molar-refractivity contribution in [1.29, 1.82) is 0 Å². The molecule has 41 heavy (non-hydrogen) atoms. The van der Waals surface area contributed by atoms with E-state index in [9.17, 15) is 9.59 Å². The molecular weight excluding hydrogens is 657 g/mol. The van der Waals surface area contributed by atoms with Gasteiger partial charge in [-0.15, -0.1) is 0 Å². The number of nitrogens with two attached hydrogens (primary N) is 1. The molecule has 0 radical (unpaired) electrons. The number of aromatic nitrogens is 3. The zero-order valence-corrected chi connectivity index (χ0v) is 26.0. The summed E-state index contributed by atoms with van der Waals surface area (Å²) in [4.78, 5) is 40.3. The molecule has 2 amide bonds. The van der Waals surface area contributed by atoms with Gasteiger partial charge >= 0.3 is 0 Å². The SMILES string of the molecule is CC(CNC(=O)CCC(C)SI)Oc1ccc(-c2cnc(N)c(C(=O)Nc3cnccc3N3CCOCC3)n2)cc1. The van der Waals surface area contributed by atoms with E-state index in [1.165, 1.54) is 6.20 Å². The molecule has 3 aromatic rings. The van der Waals surface area contributed by atoms with Gasteiger partial charge in [0.25, 0.3) is 5.91 Å². The normalized spacial score (nSPS) is 14.7. The maximum absolute atomic E-state index is 13.2. The fourth-order valence-corrected chi connectivity index (χ4v) is 5.12. The molecule has 2 unspecified atom stereocenters. The van der Waals surface area contributed by atoms with Crippen LogP contribution < -0.4 is 26.0 Å². The highest BCUT2D eigenvalue weighted by Crippen LogP contribution is 2.27. The Balaban J connectivity index is 1.37. The maximum Gasteiger partial charge on any atom is 0.278 e. The molecule has 1 aliphatic heterocycles. The van der Waals surface area contributed by atoms with Gasteiger partial charge in [0.2, 0.25) is 5.91 Å². The van der Waals surface area contributed by atoms with E-state index in [0.29, 0.717) is 48.6 Å². The Hall–Kier alpha value is -3.17. The number of carbonyl (C=O) groups is 2. The zero-order valence-electron chi connectivity index (χ0n) is 23.0. The molecule has 218 valence electrons. The van der Waals surface area contributed by atoms with Gasteiger partial charge in [-0.2, -0.15) is 0 Å². The maximum atomic E-state index is 13.2. The number of benzene rings is 1. The van der Waals surface area contributed by atoms with Gasteiger partial charge in [0, 0.05) is 36.5 Å². The second kappa shape index (κ2) is 15.2. The number of nitrogen functional groups attached to an aromatic ring is 1. The summed E-state index contributed by atoms with van der Waals surface area (Å²) in [5.74, 6) is 0.230. The van der Waals surface area contributed by atoms with Gasteiger partial charge in [-0.25, -0.2) is 9.97 Å².